The molecule has 1 aromatic heterocycles. The SMILES string of the molecule is C[C@H]1C(=O)C(C#N)=C[C@]2(C)C3=CC(=O)C4C5CC(C)(C)CC[C@]5(C(=O)n5cnc6ccccc65)CCC4[C@]3(C)CCC12. The highest BCUT2D eigenvalue weighted by Gasteiger charge is 2.66. The van der Waals surface area contributed by atoms with E-state index in [1.54, 1.807) is 10.9 Å². The number of fused-ring (bicyclic) bond motifs is 8. The van der Waals surface area contributed by atoms with Crippen LogP contribution >= 0.6 is 0 Å². The molecule has 4 unspecified atom stereocenters. The molecule has 7 rings (SSSR count). The zero-order valence-corrected chi connectivity index (χ0v) is 25.4. The van der Waals surface area contributed by atoms with Crippen molar-refractivity contribution in [1.82, 2.24) is 9.55 Å². The third-order valence-electron chi connectivity index (χ3n) is 12.8. The number of carbonyl (C=O) groups is 3. The molecule has 5 aliphatic rings. The van der Waals surface area contributed by atoms with E-state index in [4.69, 9.17) is 0 Å². The van der Waals surface area contributed by atoms with Crippen LogP contribution in [0, 0.1) is 62.6 Å². The number of hydrogen-bond donors (Lipinski definition) is 0. The summed E-state index contributed by atoms with van der Waals surface area (Å²) in [6.45, 7) is 11.0. The number of ketones is 2. The number of imidazole rings is 1. The maximum atomic E-state index is 14.7. The number of carbonyl (C=O) groups excluding carboxylic acids is 3. The number of allylic oxidation sites excluding steroid dienone is 4. The summed E-state index contributed by atoms with van der Waals surface area (Å²) in [6.07, 6.45) is 11.5. The van der Waals surface area contributed by atoms with E-state index in [0.717, 1.165) is 61.6 Å². The molecule has 0 spiro atoms. The molecule has 3 fully saturated rings. The molecule has 0 N–H and O–H groups in total. The Morgan fingerprint density at radius 3 is 2.50 bits per heavy atom. The van der Waals surface area contributed by atoms with E-state index >= 15 is 0 Å². The highest BCUT2D eigenvalue weighted by Crippen LogP contribution is 2.69. The Kier molecular flexibility index (Phi) is 5.79. The lowest BCUT2D eigenvalue weighted by molar-refractivity contribution is -0.141. The first-order chi connectivity index (χ1) is 19.9. The molecule has 0 radical (unpaired) electrons. The molecule has 8 atom stereocenters. The molecule has 5 aliphatic carbocycles. The molecular weight excluding hydrogens is 522 g/mol. The number of para-hydroxylation sites is 2. The van der Waals surface area contributed by atoms with Crippen LogP contribution < -0.4 is 0 Å². The lowest BCUT2D eigenvalue weighted by atomic mass is 9.39. The van der Waals surface area contributed by atoms with E-state index in [1.807, 2.05) is 43.3 Å². The van der Waals surface area contributed by atoms with Gasteiger partial charge in [-0.3, -0.25) is 19.0 Å². The first kappa shape index (κ1) is 27.5. The van der Waals surface area contributed by atoms with Gasteiger partial charge in [0.25, 0.3) is 0 Å². The minimum absolute atomic E-state index is 0.0432. The van der Waals surface area contributed by atoms with Crippen LogP contribution in [-0.2, 0) is 9.59 Å². The van der Waals surface area contributed by atoms with Crippen LogP contribution in [-0.4, -0.2) is 27.0 Å². The number of rotatable bonds is 1. The largest absolute Gasteiger partial charge is 0.295 e. The topological polar surface area (TPSA) is 92.8 Å². The minimum atomic E-state index is -0.599. The zero-order chi connectivity index (χ0) is 29.8. The van der Waals surface area contributed by atoms with Gasteiger partial charge in [-0.1, -0.05) is 58.4 Å². The lowest BCUT2D eigenvalue weighted by Gasteiger charge is -2.64. The van der Waals surface area contributed by atoms with E-state index in [-0.39, 0.29) is 63.5 Å². The summed E-state index contributed by atoms with van der Waals surface area (Å²) < 4.78 is 1.76. The van der Waals surface area contributed by atoms with Crippen molar-refractivity contribution in [3.8, 4) is 6.07 Å². The van der Waals surface area contributed by atoms with Gasteiger partial charge >= 0.3 is 0 Å². The van der Waals surface area contributed by atoms with Gasteiger partial charge in [-0.15, -0.1) is 0 Å². The molecule has 0 amide bonds. The second kappa shape index (κ2) is 8.85. The van der Waals surface area contributed by atoms with Gasteiger partial charge in [-0.05, 0) is 91.7 Å². The first-order valence-electron chi connectivity index (χ1n) is 15.8. The van der Waals surface area contributed by atoms with Gasteiger partial charge in [0.15, 0.2) is 11.6 Å². The number of nitrogens with zero attached hydrogens (tertiary/aromatic N) is 3. The van der Waals surface area contributed by atoms with Crippen LogP contribution in [0.4, 0.5) is 0 Å². The molecule has 0 bridgehead atoms. The van der Waals surface area contributed by atoms with Crippen molar-refractivity contribution in [3.63, 3.8) is 0 Å². The molecule has 6 nitrogen and oxygen atoms in total. The average Bonchev–Trinajstić information content (AvgIpc) is 3.39. The smallest absolute Gasteiger partial charge is 0.238 e. The molecule has 6 heteroatoms. The molecular formula is C36H41N3O3. The molecule has 0 aliphatic heterocycles. The Morgan fingerprint density at radius 2 is 1.74 bits per heavy atom. The maximum absolute atomic E-state index is 14.7. The molecule has 1 aromatic carbocycles. The average molecular weight is 564 g/mol. The fourth-order valence-corrected chi connectivity index (χ4v) is 10.6. The van der Waals surface area contributed by atoms with Gasteiger partial charge in [0.1, 0.15) is 12.4 Å². The molecule has 42 heavy (non-hydrogen) atoms. The van der Waals surface area contributed by atoms with E-state index < -0.39 is 10.8 Å². The summed E-state index contributed by atoms with van der Waals surface area (Å²) in [4.78, 5) is 46.7. The standard InChI is InChI=1S/C36H41N3O3/c1-21-23-10-12-34(4)24-11-13-36(32(42)39-20-38-26-8-6-7-9-27(26)39)15-14-33(2,3)18-25(36)30(24)28(40)16-29(34)35(23,5)17-22(19-37)31(21)41/h6-9,16-17,20-21,23-25,30H,10-15,18H2,1-5H3/t21-,23?,24?,25?,30?,34+,35+,36-/m1/s1. The highest BCUT2D eigenvalue weighted by atomic mass is 16.2. The molecule has 3 saturated carbocycles. The monoisotopic (exact) mass is 563 g/mol. The van der Waals surface area contributed by atoms with Crippen molar-refractivity contribution in [2.24, 2.45) is 51.2 Å². The summed E-state index contributed by atoms with van der Waals surface area (Å²) in [5, 5.41) is 9.82. The predicted molar refractivity (Wildman–Crippen MR) is 160 cm³/mol. The zero-order valence-electron chi connectivity index (χ0n) is 25.4. The Hall–Kier alpha value is -3.33. The number of hydrogen-bond acceptors (Lipinski definition) is 5. The Bertz CT molecular complexity index is 1650. The Balaban J connectivity index is 1.35. The van der Waals surface area contributed by atoms with E-state index in [0.29, 0.717) is 0 Å². The van der Waals surface area contributed by atoms with Crippen molar-refractivity contribution >= 4 is 28.5 Å². The summed E-state index contributed by atoms with van der Waals surface area (Å²) in [5.74, 6) is -0.116. The van der Waals surface area contributed by atoms with Gasteiger partial charge in [-0.2, -0.15) is 5.26 Å². The fraction of sp³-hybridized carbons (Fsp3) is 0.583. The van der Waals surface area contributed by atoms with Gasteiger partial charge in [0, 0.05) is 17.3 Å². The summed E-state index contributed by atoms with van der Waals surface area (Å²) in [5.41, 5.74) is 1.71. The molecule has 0 saturated heterocycles. The Labute approximate surface area is 248 Å². The van der Waals surface area contributed by atoms with Crippen molar-refractivity contribution in [2.75, 3.05) is 0 Å². The van der Waals surface area contributed by atoms with Crippen molar-refractivity contribution < 1.29 is 14.4 Å². The van der Waals surface area contributed by atoms with Gasteiger partial charge < -0.3 is 0 Å². The van der Waals surface area contributed by atoms with Crippen LogP contribution in [0.1, 0.15) is 84.4 Å². The molecule has 2 aromatic rings. The van der Waals surface area contributed by atoms with Gasteiger partial charge in [0.05, 0.1) is 22.0 Å². The minimum Gasteiger partial charge on any atom is -0.295 e. The van der Waals surface area contributed by atoms with Gasteiger partial charge in [0.2, 0.25) is 5.91 Å². The molecule has 1 heterocycles. The van der Waals surface area contributed by atoms with E-state index in [1.165, 1.54) is 0 Å². The van der Waals surface area contributed by atoms with E-state index in [2.05, 4.69) is 38.7 Å². The predicted octanol–water partition coefficient (Wildman–Crippen LogP) is 7.12. The number of aromatic nitrogens is 2. The summed E-state index contributed by atoms with van der Waals surface area (Å²) in [6, 6.07) is 9.96. The number of benzene rings is 1. The fourth-order valence-electron chi connectivity index (χ4n) is 10.6. The van der Waals surface area contributed by atoms with Crippen LogP contribution in [0.3, 0.4) is 0 Å². The third kappa shape index (κ3) is 3.49. The van der Waals surface area contributed by atoms with Crippen LogP contribution in [0.2, 0.25) is 0 Å². The summed E-state index contributed by atoms with van der Waals surface area (Å²) >= 11 is 0. The quantitative estimate of drug-likeness (QED) is 0.368. The molecule has 218 valence electrons. The van der Waals surface area contributed by atoms with Crippen molar-refractivity contribution in [3.05, 3.63) is 53.9 Å². The first-order valence-corrected chi connectivity index (χ1v) is 15.8. The maximum Gasteiger partial charge on any atom is 0.238 e. The second-order valence-corrected chi connectivity index (χ2v) is 15.3. The van der Waals surface area contributed by atoms with Crippen LogP contribution in [0.15, 0.2) is 53.9 Å². The second-order valence-electron chi connectivity index (χ2n) is 15.3. The Morgan fingerprint density at radius 1 is 1.00 bits per heavy atom. The number of nitriles is 1. The number of Topliss-reactive ketones (excluding diaryl/α,β-unsaturated/α-hetero) is 1. The lowest BCUT2D eigenvalue weighted by Crippen LogP contribution is -2.61. The van der Waals surface area contributed by atoms with Gasteiger partial charge in [-0.25, -0.2) is 4.98 Å². The normalized spacial score (nSPS) is 40.5. The summed E-state index contributed by atoms with van der Waals surface area (Å²) in [7, 11) is 0. The van der Waals surface area contributed by atoms with Crippen molar-refractivity contribution in [2.45, 2.75) is 79.6 Å². The van der Waals surface area contributed by atoms with Crippen LogP contribution in [0.25, 0.3) is 11.0 Å². The van der Waals surface area contributed by atoms with Crippen LogP contribution in [0.5, 0.6) is 0 Å². The third-order valence-corrected chi connectivity index (χ3v) is 12.8. The van der Waals surface area contributed by atoms with Crippen molar-refractivity contribution in [1.29, 1.82) is 5.26 Å². The highest BCUT2D eigenvalue weighted by molar-refractivity contribution is 6.02. The van der Waals surface area contributed by atoms with E-state index in [9.17, 15) is 19.6 Å².